The van der Waals surface area contributed by atoms with E-state index < -0.39 is 0 Å². The number of carbonyl (C=O) groups is 1. The molecular weight excluding hydrogens is 252 g/mol. The quantitative estimate of drug-likeness (QED) is 0.777. The lowest BCUT2D eigenvalue weighted by atomic mass is 9.98. The minimum absolute atomic E-state index is 0.0104. The molecule has 4 nitrogen and oxygen atoms in total. The van der Waals surface area contributed by atoms with E-state index in [9.17, 15) is 9.90 Å². The maximum Gasteiger partial charge on any atom is 0.251 e. The number of hydrogen-bond acceptors (Lipinski definition) is 3. The second kappa shape index (κ2) is 5.94. The molecule has 0 radical (unpaired) electrons. The molecule has 20 heavy (non-hydrogen) atoms. The summed E-state index contributed by atoms with van der Waals surface area (Å²) in [6.45, 7) is 2.02. The normalized spacial score (nSPS) is 25.2. The van der Waals surface area contributed by atoms with Crippen molar-refractivity contribution in [2.24, 2.45) is 5.92 Å². The molecule has 1 aromatic rings. The van der Waals surface area contributed by atoms with Crippen molar-refractivity contribution < 1.29 is 9.90 Å². The van der Waals surface area contributed by atoms with Crippen LogP contribution in [0.1, 0.15) is 40.7 Å². The molecule has 108 valence electrons. The summed E-state index contributed by atoms with van der Waals surface area (Å²) in [4.78, 5) is 12.3. The minimum atomic E-state index is -0.0104. The van der Waals surface area contributed by atoms with Gasteiger partial charge in [0, 0.05) is 30.7 Å². The van der Waals surface area contributed by atoms with Gasteiger partial charge in [0.25, 0.3) is 5.91 Å². The molecule has 3 rings (SSSR count). The number of carbonyl (C=O) groups excluding carboxylic acids is 1. The Hall–Kier alpha value is -1.39. The maximum atomic E-state index is 12.3. The minimum Gasteiger partial charge on any atom is -0.396 e. The van der Waals surface area contributed by atoms with Crippen LogP contribution in [-0.2, 0) is 13.0 Å². The molecule has 1 fully saturated rings. The molecule has 1 saturated carbocycles. The van der Waals surface area contributed by atoms with Gasteiger partial charge in [0.15, 0.2) is 0 Å². The fraction of sp³-hybridized carbons (Fsp3) is 0.562. The summed E-state index contributed by atoms with van der Waals surface area (Å²) in [6.07, 6.45) is 4.11. The van der Waals surface area contributed by atoms with Gasteiger partial charge < -0.3 is 15.7 Å². The number of aliphatic hydroxyl groups is 1. The fourth-order valence-electron chi connectivity index (χ4n) is 3.32. The monoisotopic (exact) mass is 274 g/mol. The van der Waals surface area contributed by atoms with Crippen LogP contribution in [0.25, 0.3) is 0 Å². The summed E-state index contributed by atoms with van der Waals surface area (Å²) in [5.41, 5.74) is 3.31. The summed E-state index contributed by atoms with van der Waals surface area (Å²) in [5, 5.41) is 15.7. The molecule has 1 amide bonds. The Labute approximate surface area is 119 Å². The first kappa shape index (κ1) is 13.6. The van der Waals surface area contributed by atoms with E-state index in [1.807, 2.05) is 12.1 Å². The number of hydrogen-bond donors (Lipinski definition) is 3. The van der Waals surface area contributed by atoms with E-state index in [-0.39, 0.29) is 24.5 Å². The van der Waals surface area contributed by atoms with E-state index in [2.05, 4.69) is 16.7 Å². The molecule has 1 aromatic carbocycles. The number of benzene rings is 1. The Morgan fingerprint density at radius 3 is 3.10 bits per heavy atom. The molecule has 2 atom stereocenters. The predicted molar refractivity (Wildman–Crippen MR) is 77.5 cm³/mol. The van der Waals surface area contributed by atoms with Crippen LogP contribution in [-0.4, -0.2) is 30.2 Å². The van der Waals surface area contributed by atoms with Crippen molar-refractivity contribution in [3.05, 3.63) is 34.9 Å². The SMILES string of the molecule is O=C(NC1CCCC1CO)c1ccc2c(c1)CNCC2. The second-order valence-electron chi connectivity index (χ2n) is 5.86. The van der Waals surface area contributed by atoms with Crippen molar-refractivity contribution in [1.82, 2.24) is 10.6 Å². The zero-order valence-corrected chi connectivity index (χ0v) is 11.7. The van der Waals surface area contributed by atoms with Gasteiger partial charge in [-0.25, -0.2) is 0 Å². The predicted octanol–water partition coefficient (Wildman–Crippen LogP) is 1.22. The summed E-state index contributed by atoms with van der Waals surface area (Å²) in [7, 11) is 0. The van der Waals surface area contributed by atoms with E-state index in [0.717, 1.165) is 44.3 Å². The Morgan fingerprint density at radius 2 is 2.25 bits per heavy atom. The highest BCUT2D eigenvalue weighted by Gasteiger charge is 2.28. The van der Waals surface area contributed by atoms with Crippen LogP contribution in [0.4, 0.5) is 0 Å². The molecule has 2 unspecified atom stereocenters. The van der Waals surface area contributed by atoms with Gasteiger partial charge in [-0.15, -0.1) is 0 Å². The Morgan fingerprint density at radius 1 is 1.35 bits per heavy atom. The Bertz CT molecular complexity index is 501. The van der Waals surface area contributed by atoms with Gasteiger partial charge >= 0.3 is 0 Å². The molecule has 0 spiro atoms. The van der Waals surface area contributed by atoms with Crippen LogP contribution in [0.5, 0.6) is 0 Å². The van der Waals surface area contributed by atoms with Crippen LogP contribution in [0.3, 0.4) is 0 Å². The third-order valence-electron chi connectivity index (χ3n) is 4.57. The smallest absolute Gasteiger partial charge is 0.251 e. The topological polar surface area (TPSA) is 61.4 Å². The summed E-state index contributed by atoms with van der Waals surface area (Å²) in [6, 6.07) is 6.12. The zero-order chi connectivity index (χ0) is 13.9. The van der Waals surface area contributed by atoms with E-state index >= 15 is 0 Å². The first-order valence-electron chi connectivity index (χ1n) is 7.52. The second-order valence-corrected chi connectivity index (χ2v) is 5.86. The molecule has 1 aliphatic heterocycles. The van der Waals surface area contributed by atoms with Gasteiger partial charge in [-0.05, 0) is 49.1 Å². The van der Waals surface area contributed by atoms with E-state index in [1.165, 1.54) is 11.1 Å². The molecule has 3 N–H and O–H groups in total. The van der Waals surface area contributed by atoms with E-state index in [0.29, 0.717) is 0 Å². The summed E-state index contributed by atoms with van der Waals surface area (Å²) >= 11 is 0. The fourth-order valence-corrected chi connectivity index (χ4v) is 3.32. The summed E-state index contributed by atoms with van der Waals surface area (Å²) in [5.74, 6) is 0.210. The van der Waals surface area contributed by atoms with Crippen molar-refractivity contribution in [3.8, 4) is 0 Å². The molecule has 1 heterocycles. The van der Waals surface area contributed by atoms with E-state index in [4.69, 9.17) is 0 Å². The third kappa shape index (κ3) is 2.72. The molecular formula is C16H22N2O2. The van der Waals surface area contributed by atoms with Crippen molar-refractivity contribution >= 4 is 5.91 Å². The highest BCUT2D eigenvalue weighted by Crippen LogP contribution is 2.25. The Kier molecular flexibility index (Phi) is 4.03. The van der Waals surface area contributed by atoms with E-state index in [1.54, 1.807) is 0 Å². The first-order chi connectivity index (χ1) is 9.78. The van der Waals surface area contributed by atoms with Crippen molar-refractivity contribution in [1.29, 1.82) is 0 Å². The number of aliphatic hydroxyl groups excluding tert-OH is 1. The number of fused-ring (bicyclic) bond motifs is 1. The zero-order valence-electron chi connectivity index (χ0n) is 11.7. The van der Waals surface area contributed by atoms with Crippen LogP contribution in [0, 0.1) is 5.92 Å². The molecule has 0 aromatic heterocycles. The van der Waals surface area contributed by atoms with Crippen LogP contribution in [0.15, 0.2) is 18.2 Å². The number of nitrogens with one attached hydrogen (secondary N) is 2. The molecule has 0 bridgehead atoms. The van der Waals surface area contributed by atoms with Gasteiger partial charge in [0.2, 0.25) is 0 Å². The average molecular weight is 274 g/mol. The first-order valence-corrected chi connectivity index (χ1v) is 7.52. The van der Waals surface area contributed by atoms with Crippen molar-refractivity contribution in [2.75, 3.05) is 13.2 Å². The van der Waals surface area contributed by atoms with Crippen LogP contribution >= 0.6 is 0 Å². The van der Waals surface area contributed by atoms with Crippen LogP contribution < -0.4 is 10.6 Å². The van der Waals surface area contributed by atoms with Gasteiger partial charge in [0.05, 0.1) is 0 Å². The van der Waals surface area contributed by atoms with Gasteiger partial charge in [-0.1, -0.05) is 12.5 Å². The maximum absolute atomic E-state index is 12.3. The molecule has 0 saturated heterocycles. The van der Waals surface area contributed by atoms with Crippen molar-refractivity contribution in [2.45, 2.75) is 38.3 Å². The number of rotatable bonds is 3. The molecule has 4 heteroatoms. The van der Waals surface area contributed by atoms with Gasteiger partial charge in [-0.2, -0.15) is 0 Å². The molecule has 1 aliphatic carbocycles. The highest BCUT2D eigenvalue weighted by molar-refractivity contribution is 5.94. The van der Waals surface area contributed by atoms with Crippen LogP contribution in [0.2, 0.25) is 0 Å². The third-order valence-corrected chi connectivity index (χ3v) is 4.57. The standard InChI is InChI=1S/C16H22N2O2/c19-10-13-2-1-3-15(13)18-16(20)12-5-4-11-6-7-17-9-14(11)8-12/h4-5,8,13,15,17,19H,1-3,6-7,9-10H2,(H,18,20). The lowest BCUT2D eigenvalue weighted by Crippen LogP contribution is -2.38. The van der Waals surface area contributed by atoms with Crippen molar-refractivity contribution in [3.63, 3.8) is 0 Å². The van der Waals surface area contributed by atoms with Gasteiger partial charge in [-0.3, -0.25) is 4.79 Å². The largest absolute Gasteiger partial charge is 0.396 e. The summed E-state index contributed by atoms with van der Waals surface area (Å²) < 4.78 is 0. The van der Waals surface area contributed by atoms with Gasteiger partial charge in [0.1, 0.15) is 0 Å². The number of amides is 1. The molecule has 2 aliphatic rings. The average Bonchev–Trinajstić information content (AvgIpc) is 2.94. The highest BCUT2D eigenvalue weighted by atomic mass is 16.3. The lowest BCUT2D eigenvalue weighted by molar-refractivity contribution is 0.0916. The lowest BCUT2D eigenvalue weighted by Gasteiger charge is -2.21. The Balaban J connectivity index is 1.71.